The summed E-state index contributed by atoms with van der Waals surface area (Å²) < 4.78 is 0. The first kappa shape index (κ1) is 8.65. The van der Waals surface area contributed by atoms with E-state index in [2.05, 4.69) is 0 Å². The quantitative estimate of drug-likeness (QED) is 0.452. The Morgan fingerprint density at radius 3 is 2.67 bits per heavy atom. The standard InChI is InChI=1S/C8H8BNO2/c1-4-2-5(9)3-6(7(4)10)8(11)12/h2-3H,10H2,1H3,(H,11,12). The minimum Gasteiger partial charge on any atom is -0.478 e. The van der Waals surface area contributed by atoms with Gasteiger partial charge in [0.15, 0.2) is 0 Å². The summed E-state index contributed by atoms with van der Waals surface area (Å²) in [6.45, 7) is 1.72. The molecule has 1 aromatic rings. The second-order valence-electron chi connectivity index (χ2n) is 2.60. The third-order valence-electron chi connectivity index (χ3n) is 1.64. The van der Waals surface area contributed by atoms with Crippen molar-refractivity contribution < 1.29 is 9.90 Å². The lowest BCUT2D eigenvalue weighted by molar-refractivity contribution is 0.0698. The van der Waals surface area contributed by atoms with Gasteiger partial charge < -0.3 is 10.8 Å². The van der Waals surface area contributed by atoms with Crippen LogP contribution in [0.25, 0.3) is 0 Å². The van der Waals surface area contributed by atoms with Crippen molar-refractivity contribution in [1.82, 2.24) is 0 Å². The summed E-state index contributed by atoms with van der Waals surface area (Å²) in [7, 11) is 5.45. The van der Waals surface area contributed by atoms with Gasteiger partial charge in [-0.1, -0.05) is 17.6 Å². The van der Waals surface area contributed by atoms with Gasteiger partial charge in [0.05, 0.1) is 5.56 Å². The van der Waals surface area contributed by atoms with Crippen molar-refractivity contribution in [2.24, 2.45) is 0 Å². The summed E-state index contributed by atoms with van der Waals surface area (Å²) in [6.07, 6.45) is 0. The van der Waals surface area contributed by atoms with Crippen molar-refractivity contribution >= 4 is 25.0 Å². The molecule has 1 aromatic carbocycles. The molecular formula is C8H8BNO2. The lowest BCUT2D eigenvalue weighted by Crippen LogP contribution is -2.12. The number of nitrogen functional groups attached to an aromatic ring is 1. The third-order valence-corrected chi connectivity index (χ3v) is 1.64. The predicted octanol–water partition coefficient (Wildman–Crippen LogP) is 0.0692. The van der Waals surface area contributed by atoms with Crippen LogP contribution in [0.5, 0.6) is 0 Å². The average Bonchev–Trinajstić information content (AvgIpc) is 1.96. The van der Waals surface area contributed by atoms with Crippen LogP contribution in [0.2, 0.25) is 0 Å². The summed E-state index contributed by atoms with van der Waals surface area (Å²) in [5, 5.41) is 8.68. The van der Waals surface area contributed by atoms with Gasteiger partial charge in [0.2, 0.25) is 0 Å². The van der Waals surface area contributed by atoms with Crippen molar-refractivity contribution in [2.45, 2.75) is 6.92 Å². The van der Waals surface area contributed by atoms with E-state index < -0.39 is 5.97 Å². The second-order valence-corrected chi connectivity index (χ2v) is 2.60. The maximum Gasteiger partial charge on any atom is 0.337 e. The van der Waals surface area contributed by atoms with E-state index in [0.717, 1.165) is 0 Å². The van der Waals surface area contributed by atoms with Crippen LogP contribution < -0.4 is 11.2 Å². The summed E-state index contributed by atoms with van der Waals surface area (Å²) in [5.41, 5.74) is 6.96. The summed E-state index contributed by atoms with van der Waals surface area (Å²) in [5.74, 6) is -1.05. The molecule has 0 unspecified atom stereocenters. The van der Waals surface area contributed by atoms with Gasteiger partial charge in [0.1, 0.15) is 7.85 Å². The molecule has 0 amide bonds. The molecule has 0 heterocycles. The molecule has 0 atom stereocenters. The minimum absolute atomic E-state index is 0.0625. The number of benzene rings is 1. The molecular weight excluding hydrogens is 153 g/mol. The van der Waals surface area contributed by atoms with Crippen molar-refractivity contribution in [1.29, 1.82) is 0 Å². The molecule has 2 radical (unpaired) electrons. The van der Waals surface area contributed by atoms with Crippen LogP contribution in [-0.4, -0.2) is 18.9 Å². The SMILES string of the molecule is [B]c1cc(C)c(N)c(C(=O)O)c1. The lowest BCUT2D eigenvalue weighted by Gasteiger charge is -2.05. The number of hydrogen-bond donors (Lipinski definition) is 2. The molecule has 4 heteroatoms. The fourth-order valence-corrected chi connectivity index (χ4v) is 1.00. The molecule has 0 aliphatic carbocycles. The Morgan fingerprint density at radius 2 is 2.17 bits per heavy atom. The third kappa shape index (κ3) is 1.42. The summed E-state index contributed by atoms with van der Waals surface area (Å²) in [6, 6.07) is 2.99. The molecule has 3 N–H and O–H groups in total. The van der Waals surface area contributed by atoms with E-state index in [4.69, 9.17) is 18.7 Å². The fraction of sp³-hybridized carbons (Fsp3) is 0.125. The van der Waals surface area contributed by atoms with Crippen LogP contribution in [0.3, 0.4) is 0 Å². The second kappa shape index (κ2) is 2.89. The highest BCUT2D eigenvalue weighted by Crippen LogP contribution is 2.14. The zero-order chi connectivity index (χ0) is 9.30. The van der Waals surface area contributed by atoms with Crippen molar-refractivity contribution in [3.63, 3.8) is 0 Å². The number of carboxylic acids is 1. The molecule has 0 saturated heterocycles. The topological polar surface area (TPSA) is 63.3 Å². The van der Waals surface area contributed by atoms with E-state index in [1.807, 2.05) is 0 Å². The molecule has 12 heavy (non-hydrogen) atoms. The highest BCUT2D eigenvalue weighted by Gasteiger charge is 2.09. The van der Waals surface area contributed by atoms with Crippen LogP contribution >= 0.6 is 0 Å². The number of nitrogens with two attached hydrogens (primary N) is 1. The van der Waals surface area contributed by atoms with Crippen LogP contribution in [0.15, 0.2) is 12.1 Å². The number of rotatable bonds is 1. The first-order valence-electron chi connectivity index (χ1n) is 3.41. The van der Waals surface area contributed by atoms with Crippen LogP contribution in [0.1, 0.15) is 15.9 Å². The molecule has 60 valence electrons. The van der Waals surface area contributed by atoms with E-state index in [0.29, 0.717) is 11.0 Å². The monoisotopic (exact) mass is 161 g/mol. The van der Waals surface area contributed by atoms with Gasteiger partial charge in [0.25, 0.3) is 0 Å². The van der Waals surface area contributed by atoms with Crippen LogP contribution in [-0.2, 0) is 0 Å². The summed E-state index contributed by atoms with van der Waals surface area (Å²) >= 11 is 0. The van der Waals surface area contributed by atoms with E-state index in [-0.39, 0.29) is 11.3 Å². The van der Waals surface area contributed by atoms with Gasteiger partial charge in [-0.15, -0.1) is 0 Å². The fourth-order valence-electron chi connectivity index (χ4n) is 1.00. The normalized spacial score (nSPS) is 9.75. The minimum atomic E-state index is -1.05. The number of aryl methyl sites for hydroxylation is 1. The predicted molar refractivity (Wildman–Crippen MR) is 47.9 cm³/mol. The molecule has 3 nitrogen and oxygen atoms in total. The molecule has 0 spiro atoms. The zero-order valence-corrected chi connectivity index (χ0v) is 6.66. The Bertz CT molecular complexity index is 336. The maximum atomic E-state index is 10.6. The lowest BCUT2D eigenvalue weighted by atomic mass is 9.91. The molecule has 0 aromatic heterocycles. The maximum absolute atomic E-state index is 10.6. The summed E-state index contributed by atoms with van der Waals surface area (Å²) in [4.78, 5) is 10.6. The van der Waals surface area contributed by atoms with Gasteiger partial charge in [-0.3, -0.25) is 0 Å². The average molecular weight is 161 g/mol. The highest BCUT2D eigenvalue weighted by atomic mass is 16.4. The van der Waals surface area contributed by atoms with E-state index in [9.17, 15) is 4.79 Å². The van der Waals surface area contributed by atoms with Gasteiger partial charge in [0, 0.05) is 5.69 Å². The van der Waals surface area contributed by atoms with Crippen molar-refractivity contribution in [2.75, 3.05) is 5.73 Å². The number of carboxylic acid groups (broad SMARTS) is 1. The van der Waals surface area contributed by atoms with Gasteiger partial charge in [-0.05, 0) is 12.5 Å². The van der Waals surface area contributed by atoms with E-state index in [1.54, 1.807) is 13.0 Å². The Balaban J connectivity index is 3.37. The molecule has 0 aliphatic rings. The highest BCUT2D eigenvalue weighted by molar-refractivity contribution is 6.33. The molecule has 0 aliphatic heterocycles. The van der Waals surface area contributed by atoms with Crippen LogP contribution in [0.4, 0.5) is 5.69 Å². The zero-order valence-electron chi connectivity index (χ0n) is 6.66. The molecule has 0 fully saturated rings. The Kier molecular flexibility index (Phi) is 2.08. The van der Waals surface area contributed by atoms with Crippen molar-refractivity contribution in [3.05, 3.63) is 23.3 Å². The number of hydrogen-bond acceptors (Lipinski definition) is 2. The van der Waals surface area contributed by atoms with E-state index in [1.165, 1.54) is 6.07 Å². The largest absolute Gasteiger partial charge is 0.478 e. The van der Waals surface area contributed by atoms with Gasteiger partial charge in [-0.25, -0.2) is 4.79 Å². The smallest absolute Gasteiger partial charge is 0.337 e. The van der Waals surface area contributed by atoms with Gasteiger partial charge in [-0.2, -0.15) is 0 Å². The van der Waals surface area contributed by atoms with Crippen molar-refractivity contribution in [3.8, 4) is 0 Å². The Morgan fingerprint density at radius 1 is 1.58 bits per heavy atom. The first-order valence-corrected chi connectivity index (χ1v) is 3.41. The molecule has 0 bridgehead atoms. The molecule has 1 rings (SSSR count). The first-order chi connectivity index (χ1) is 5.52. The Labute approximate surface area is 71.6 Å². The van der Waals surface area contributed by atoms with E-state index >= 15 is 0 Å². The molecule has 0 saturated carbocycles. The van der Waals surface area contributed by atoms with Gasteiger partial charge >= 0.3 is 5.97 Å². The number of carbonyl (C=O) groups is 1. The number of anilines is 1. The van der Waals surface area contributed by atoms with Crippen LogP contribution in [0, 0.1) is 6.92 Å². The number of aromatic carboxylic acids is 1. The Hall–Kier alpha value is -1.45.